The average Bonchev–Trinajstić information content (AvgIpc) is 3.19. The number of anilines is 1. The highest BCUT2D eigenvalue weighted by Gasteiger charge is 2.35. The summed E-state index contributed by atoms with van der Waals surface area (Å²) in [6.45, 7) is 2.36. The number of hydrogen-bond donors (Lipinski definition) is 1. The van der Waals surface area contributed by atoms with Crippen molar-refractivity contribution in [3.05, 3.63) is 78.1 Å². The Morgan fingerprint density at radius 1 is 1.10 bits per heavy atom. The fourth-order valence-electron chi connectivity index (χ4n) is 2.98. The van der Waals surface area contributed by atoms with Crippen LogP contribution in [-0.2, 0) is 9.59 Å². The zero-order valence-corrected chi connectivity index (χ0v) is 18.2. The van der Waals surface area contributed by atoms with Crippen LogP contribution in [0.1, 0.15) is 12.7 Å². The summed E-state index contributed by atoms with van der Waals surface area (Å²) in [6.07, 6.45) is 1.42. The van der Waals surface area contributed by atoms with Crippen LogP contribution in [0.4, 0.5) is 5.69 Å². The molecule has 1 saturated heterocycles. The molecule has 1 aliphatic heterocycles. The Bertz CT molecular complexity index is 1170. The van der Waals surface area contributed by atoms with Gasteiger partial charge in [-0.1, -0.05) is 36.0 Å². The van der Waals surface area contributed by atoms with Crippen molar-refractivity contribution < 1.29 is 18.7 Å². The second-order valence-electron chi connectivity index (χ2n) is 6.46. The molecule has 1 fully saturated rings. The highest BCUT2D eigenvalue weighted by Crippen LogP contribution is 2.30. The zero-order valence-electron chi connectivity index (χ0n) is 16.5. The molecule has 0 radical (unpaired) electrons. The highest BCUT2D eigenvalue weighted by atomic mass is 32.2. The predicted molar refractivity (Wildman–Crippen MR) is 123 cm³/mol. The standard InChI is InChI=1S/C23H18N2O4S2/c1-2-28-16-8-6-7-15(13-16)25-22(27)19(21(26)24-23(25)30)14-17-11-12-20(29-17)31-18-9-4-3-5-10-18/h3-14H,2H2,1H3,(H,24,26,30). The number of carbonyl (C=O) groups excluding carboxylic acids is 2. The first kappa shape index (κ1) is 20.9. The Labute approximate surface area is 188 Å². The van der Waals surface area contributed by atoms with Crippen molar-refractivity contribution in [2.75, 3.05) is 11.5 Å². The van der Waals surface area contributed by atoms with Gasteiger partial charge >= 0.3 is 0 Å². The molecule has 31 heavy (non-hydrogen) atoms. The molecule has 6 nitrogen and oxygen atoms in total. The number of carbonyl (C=O) groups is 2. The second kappa shape index (κ2) is 9.20. The van der Waals surface area contributed by atoms with E-state index in [1.807, 2.05) is 37.3 Å². The van der Waals surface area contributed by atoms with Gasteiger partial charge in [-0.05, 0) is 61.6 Å². The summed E-state index contributed by atoms with van der Waals surface area (Å²) < 4.78 is 11.3. The van der Waals surface area contributed by atoms with Crippen LogP contribution < -0.4 is 15.0 Å². The largest absolute Gasteiger partial charge is 0.494 e. The van der Waals surface area contributed by atoms with Crippen LogP contribution >= 0.6 is 24.0 Å². The van der Waals surface area contributed by atoms with E-state index in [0.29, 0.717) is 28.9 Å². The fourth-order valence-corrected chi connectivity index (χ4v) is 4.07. The zero-order chi connectivity index (χ0) is 21.8. The van der Waals surface area contributed by atoms with Crippen molar-refractivity contribution >= 4 is 52.7 Å². The Morgan fingerprint density at radius 3 is 2.68 bits per heavy atom. The molecule has 2 aromatic carbocycles. The van der Waals surface area contributed by atoms with Gasteiger partial charge < -0.3 is 9.15 Å². The van der Waals surface area contributed by atoms with Gasteiger partial charge in [0.15, 0.2) is 10.2 Å². The Hall–Kier alpha value is -3.36. The lowest BCUT2D eigenvalue weighted by Crippen LogP contribution is -2.54. The van der Waals surface area contributed by atoms with Gasteiger partial charge in [0.1, 0.15) is 17.1 Å². The first-order valence-corrected chi connectivity index (χ1v) is 10.7. The van der Waals surface area contributed by atoms with E-state index in [1.54, 1.807) is 36.4 Å². The van der Waals surface area contributed by atoms with E-state index < -0.39 is 11.8 Å². The Balaban J connectivity index is 1.60. The van der Waals surface area contributed by atoms with Gasteiger partial charge in [-0.25, -0.2) is 0 Å². The number of ether oxygens (including phenoxy) is 1. The fraction of sp³-hybridized carbons (Fsp3) is 0.0870. The third-order valence-corrected chi connectivity index (χ3v) is 5.55. The molecule has 156 valence electrons. The molecule has 0 aliphatic carbocycles. The molecule has 8 heteroatoms. The van der Waals surface area contributed by atoms with Crippen molar-refractivity contribution in [1.82, 2.24) is 5.32 Å². The second-order valence-corrected chi connectivity index (χ2v) is 7.92. The van der Waals surface area contributed by atoms with Crippen molar-refractivity contribution in [2.45, 2.75) is 16.9 Å². The molecule has 1 aliphatic rings. The number of nitrogens with one attached hydrogen (secondary N) is 1. The lowest BCUT2D eigenvalue weighted by atomic mass is 10.1. The third-order valence-electron chi connectivity index (χ3n) is 4.34. The van der Waals surface area contributed by atoms with Gasteiger partial charge in [0.2, 0.25) is 0 Å². The summed E-state index contributed by atoms with van der Waals surface area (Å²) in [4.78, 5) is 27.9. The van der Waals surface area contributed by atoms with E-state index in [4.69, 9.17) is 21.4 Å². The lowest BCUT2D eigenvalue weighted by molar-refractivity contribution is -0.122. The van der Waals surface area contributed by atoms with Crippen molar-refractivity contribution in [2.24, 2.45) is 0 Å². The summed E-state index contributed by atoms with van der Waals surface area (Å²) in [5.41, 5.74) is 0.438. The minimum atomic E-state index is -0.569. The summed E-state index contributed by atoms with van der Waals surface area (Å²) in [7, 11) is 0. The van der Waals surface area contributed by atoms with E-state index in [2.05, 4.69) is 5.32 Å². The van der Waals surface area contributed by atoms with Crippen LogP contribution in [-0.4, -0.2) is 23.5 Å². The van der Waals surface area contributed by atoms with Crippen LogP contribution in [0.3, 0.4) is 0 Å². The Morgan fingerprint density at radius 2 is 1.90 bits per heavy atom. The summed E-state index contributed by atoms with van der Waals surface area (Å²) in [6, 6.07) is 20.2. The highest BCUT2D eigenvalue weighted by molar-refractivity contribution is 7.99. The molecule has 4 rings (SSSR count). The van der Waals surface area contributed by atoms with Crippen LogP contribution in [0.5, 0.6) is 5.75 Å². The van der Waals surface area contributed by atoms with Gasteiger partial charge in [0.05, 0.1) is 12.3 Å². The first-order chi connectivity index (χ1) is 15.0. The number of hydrogen-bond acceptors (Lipinski definition) is 6. The van der Waals surface area contributed by atoms with Crippen molar-refractivity contribution in [3.8, 4) is 5.75 Å². The molecule has 0 spiro atoms. The van der Waals surface area contributed by atoms with E-state index in [-0.39, 0.29) is 10.7 Å². The predicted octanol–water partition coefficient (Wildman–Crippen LogP) is 4.66. The topological polar surface area (TPSA) is 71.8 Å². The molecule has 2 heterocycles. The molecule has 3 aromatic rings. The molecule has 2 amide bonds. The summed E-state index contributed by atoms with van der Waals surface area (Å²) in [5.74, 6) is -0.101. The number of furan rings is 1. The Kier molecular flexibility index (Phi) is 6.20. The number of benzene rings is 2. The maximum atomic E-state index is 13.1. The monoisotopic (exact) mass is 450 g/mol. The van der Waals surface area contributed by atoms with E-state index in [1.165, 1.54) is 22.7 Å². The number of thiocarbonyl (C=S) groups is 1. The quantitative estimate of drug-likeness (QED) is 0.335. The minimum Gasteiger partial charge on any atom is -0.494 e. The van der Waals surface area contributed by atoms with Gasteiger partial charge in [-0.2, -0.15) is 0 Å². The van der Waals surface area contributed by atoms with Crippen molar-refractivity contribution in [3.63, 3.8) is 0 Å². The molecule has 0 saturated carbocycles. The van der Waals surface area contributed by atoms with Crippen molar-refractivity contribution in [1.29, 1.82) is 0 Å². The smallest absolute Gasteiger partial charge is 0.270 e. The van der Waals surface area contributed by atoms with Gasteiger partial charge in [0, 0.05) is 11.0 Å². The lowest BCUT2D eigenvalue weighted by Gasteiger charge is -2.29. The normalized spacial score (nSPS) is 15.3. The maximum Gasteiger partial charge on any atom is 0.270 e. The summed E-state index contributed by atoms with van der Waals surface area (Å²) >= 11 is 6.69. The molecule has 0 unspecified atom stereocenters. The van der Waals surface area contributed by atoms with Crippen LogP contribution in [0.15, 0.2) is 86.7 Å². The minimum absolute atomic E-state index is 0.0144. The van der Waals surface area contributed by atoms with Crippen LogP contribution in [0.2, 0.25) is 0 Å². The molecular weight excluding hydrogens is 432 g/mol. The molecular formula is C23H18N2O4S2. The van der Waals surface area contributed by atoms with Crippen LogP contribution in [0.25, 0.3) is 6.08 Å². The van der Waals surface area contributed by atoms with Gasteiger partial charge in [-0.15, -0.1) is 0 Å². The third kappa shape index (κ3) is 4.70. The molecule has 0 bridgehead atoms. The molecule has 1 N–H and O–H groups in total. The number of rotatable bonds is 6. The molecule has 0 atom stereocenters. The average molecular weight is 451 g/mol. The maximum absolute atomic E-state index is 13.1. The SMILES string of the molecule is CCOc1cccc(N2C(=O)C(=Cc3ccc(Sc4ccccc4)o3)C(=O)NC2=S)c1. The number of nitrogens with zero attached hydrogens (tertiary/aromatic N) is 1. The van der Waals surface area contributed by atoms with Gasteiger partial charge in [-0.3, -0.25) is 19.8 Å². The molecule has 1 aromatic heterocycles. The summed E-state index contributed by atoms with van der Waals surface area (Å²) in [5, 5.41) is 3.23. The first-order valence-electron chi connectivity index (χ1n) is 9.52. The van der Waals surface area contributed by atoms with E-state index in [9.17, 15) is 9.59 Å². The van der Waals surface area contributed by atoms with Gasteiger partial charge in [0.25, 0.3) is 11.8 Å². The van der Waals surface area contributed by atoms with Crippen LogP contribution in [0, 0.1) is 0 Å². The number of amides is 2. The van der Waals surface area contributed by atoms with E-state index >= 15 is 0 Å². The van der Waals surface area contributed by atoms with E-state index in [0.717, 1.165) is 4.90 Å².